The highest BCUT2D eigenvalue weighted by atomic mass is 16.3. The van der Waals surface area contributed by atoms with Crippen molar-refractivity contribution in [2.75, 3.05) is 76.1 Å². The molecule has 38 heavy (non-hydrogen) atoms. The highest BCUT2D eigenvalue weighted by Crippen LogP contribution is 2.42. The van der Waals surface area contributed by atoms with E-state index in [4.69, 9.17) is 0 Å². The number of hydrogen-bond acceptors (Lipinski definition) is 6. The third-order valence-corrected chi connectivity index (χ3v) is 9.10. The van der Waals surface area contributed by atoms with Gasteiger partial charge in [-0.05, 0) is 65.8 Å². The Morgan fingerprint density at radius 3 is 1.16 bits per heavy atom. The first-order valence-corrected chi connectivity index (χ1v) is 14.2. The number of quaternary nitrogens is 2. The molecular weight excluding hydrogens is 480 g/mol. The molecule has 0 spiro atoms. The van der Waals surface area contributed by atoms with Gasteiger partial charge in [0.1, 0.15) is 11.5 Å². The standard InChI is InChI=1S/C30H44N4O4/c1-7-33(8-2,9-3)19-17-31-21-13-14-22(32-18-20-34(10-4,11-5)12-6)26-25(21)29(37)27-23(35)15-16-24(36)28(27)30(26)38/h13-16H,7-12,17-20H2,1-6H3,(H2-2,31,32,35,36,37,38)/p+2. The van der Waals surface area contributed by atoms with Crippen LogP contribution < -0.4 is 10.6 Å². The Bertz CT molecular complexity index is 1060. The number of aromatic hydroxyl groups is 2. The first-order valence-electron chi connectivity index (χ1n) is 14.2. The summed E-state index contributed by atoms with van der Waals surface area (Å²) >= 11 is 0. The molecule has 1 aliphatic carbocycles. The lowest BCUT2D eigenvalue weighted by molar-refractivity contribution is -0.921. The fourth-order valence-electron chi connectivity index (χ4n) is 5.81. The summed E-state index contributed by atoms with van der Waals surface area (Å²) in [5, 5.41) is 27.9. The Morgan fingerprint density at radius 2 is 0.868 bits per heavy atom. The minimum atomic E-state index is -0.461. The first-order chi connectivity index (χ1) is 18.2. The van der Waals surface area contributed by atoms with Crippen molar-refractivity contribution in [1.29, 1.82) is 0 Å². The van der Waals surface area contributed by atoms with Crippen LogP contribution in [0.3, 0.4) is 0 Å². The quantitative estimate of drug-likeness (QED) is 0.183. The van der Waals surface area contributed by atoms with E-state index < -0.39 is 11.6 Å². The van der Waals surface area contributed by atoms with E-state index in [1.54, 1.807) is 0 Å². The first kappa shape index (κ1) is 29.5. The molecule has 8 nitrogen and oxygen atoms in total. The number of nitrogens with one attached hydrogen (secondary N) is 2. The highest BCUT2D eigenvalue weighted by Gasteiger charge is 2.38. The molecule has 0 amide bonds. The molecule has 0 aromatic heterocycles. The molecule has 0 atom stereocenters. The Balaban J connectivity index is 2.02. The van der Waals surface area contributed by atoms with E-state index >= 15 is 0 Å². The normalized spacial score (nSPS) is 13.3. The summed E-state index contributed by atoms with van der Waals surface area (Å²) in [6, 6.07) is 6.20. The molecule has 8 heteroatoms. The van der Waals surface area contributed by atoms with Crippen molar-refractivity contribution in [3.8, 4) is 11.5 Å². The van der Waals surface area contributed by atoms with E-state index in [-0.39, 0.29) is 33.8 Å². The predicted octanol–water partition coefficient (Wildman–Crippen LogP) is 4.45. The zero-order chi connectivity index (χ0) is 28.1. The third-order valence-electron chi connectivity index (χ3n) is 9.10. The van der Waals surface area contributed by atoms with Crippen LogP contribution in [0.1, 0.15) is 73.4 Å². The smallest absolute Gasteiger partial charge is 0.200 e. The Hall–Kier alpha value is -3.10. The van der Waals surface area contributed by atoms with E-state index in [2.05, 4.69) is 52.2 Å². The van der Waals surface area contributed by atoms with Gasteiger partial charge < -0.3 is 29.8 Å². The molecule has 0 unspecified atom stereocenters. The number of hydrogen-bond donors (Lipinski definition) is 4. The second-order valence-electron chi connectivity index (χ2n) is 10.3. The molecule has 0 saturated carbocycles. The second-order valence-corrected chi connectivity index (χ2v) is 10.3. The average molecular weight is 527 g/mol. The summed E-state index contributed by atoms with van der Waals surface area (Å²) in [7, 11) is 0. The number of phenolic OH excluding ortho intramolecular Hbond substituents is 2. The fourth-order valence-corrected chi connectivity index (χ4v) is 5.81. The lowest BCUT2D eigenvalue weighted by Crippen LogP contribution is -2.50. The molecule has 208 valence electrons. The third kappa shape index (κ3) is 5.38. The predicted molar refractivity (Wildman–Crippen MR) is 154 cm³/mol. The number of fused-ring (bicyclic) bond motifs is 2. The number of phenols is 2. The number of ketones is 2. The molecule has 0 bridgehead atoms. The summed E-state index contributed by atoms with van der Waals surface area (Å²) in [4.78, 5) is 27.6. The summed E-state index contributed by atoms with van der Waals surface area (Å²) in [6.45, 7) is 22.3. The molecule has 4 N–H and O–H groups in total. The number of nitrogens with zero attached hydrogens (tertiary/aromatic N) is 2. The summed E-state index contributed by atoms with van der Waals surface area (Å²) < 4.78 is 1.90. The number of rotatable bonds is 14. The van der Waals surface area contributed by atoms with Gasteiger partial charge >= 0.3 is 0 Å². The molecule has 0 radical (unpaired) electrons. The van der Waals surface area contributed by atoms with Gasteiger partial charge in [0.25, 0.3) is 0 Å². The maximum absolute atomic E-state index is 13.8. The Kier molecular flexibility index (Phi) is 9.44. The van der Waals surface area contributed by atoms with Crippen LogP contribution in [0.5, 0.6) is 11.5 Å². The molecule has 0 saturated heterocycles. The maximum Gasteiger partial charge on any atom is 0.200 e. The van der Waals surface area contributed by atoms with Crippen molar-refractivity contribution in [3.05, 3.63) is 46.5 Å². The summed E-state index contributed by atoms with van der Waals surface area (Å²) in [5.41, 5.74) is 1.36. The van der Waals surface area contributed by atoms with Crippen LogP contribution in [0, 0.1) is 0 Å². The van der Waals surface area contributed by atoms with Crippen LogP contribution in [-0.2, 0) is 0 Å². The number of likely N-dealkylation sites (N-methyl/N-ethyl adjacent to an activating group) is 2. The van der Waals surface area contributed by atoms with Crippen LogP contribution in [0.25, 0.3) is 0 Å². The lowest BCUT2D eigenvalue weighted by atomic mass is 9.81. The van der Waals surface area contributed by atoms with Crippen LogP contribution in [0.15, 0.2) is 24.3 Å². The van der Waals surface area contributed by atoms with Crippen LogP contribution >= 0.6 is 0 Å². The summed E-state index contributed by atoms with van der Waals surface area (Å²) in [5.74, 6) is -1.53. The van der Waals surface area contributed by atoms with Gasteiger partial charge in [0, 0.05) is 11.4 Å². The second kappa shape index (κ2) is 12.2. The van der Waals surface area contributed by atoms with Crippen molar-refractivity contribution in [1.82, 2.24) is 0 Å². The minimum Gasteiger partial charge on any atom is -0.507 e. The molecule has 0 aliphatic heterocycles. The van der Waals surface area contributed by atoms with Gasteiger partial charge in [-0.3, -0.25) is 9.59 Å². The van der Waals surface area contributed by atoms with Crippen molar-refractivity contribution in [2.24, 2.45) is 0 Å². The molecule has 2 aromatic rings. The largest absolute Gasteiger partial charge is 0.507 e. The van der Waals surface area contributed by atoms with Gasteiger partial charge in [-0.1, -0.05) is 0 Å². The highest BCUT2D eigenvalue weighted by molar-refractivity contribution is 6.33. The zero-order valence-corrected chi connectivity index (χ0v) is 24.0. The SMILES string of the molecule is CC[N+](CC)(CC)CCNc1ccc(NCC[N+](CC)(CC)CC)c2c1C(=O)c1c(O)ccc(O)c1C2=O. The minimum absolute atomic E-state index is 0.137. The van der Waals surface area contributed by atoms with Crippen LogP contribution in [-0.4, -0.2) is 96.2 Å². The van der Waals surface area contributed by atoms with Crippen LogP contribution in [0.4, 0.5) is 11.4 Å². The van der Waals surface area contributed by atoms with Crippen LogP contribution in [0.2, 0.25) is 0 Å². The number of carbonyl (C=O) groups is 2. The van der Waals surface area contributed by atoms with E-state index in [9.17, 15) is 19.8 Å². The molecule has 3 rings (SSSR count). The topological polar surface area (TPSA) is 98.7 Å². The average Bonchev–Trinajstić information content (AvgIpc) is 2.94. The van der Waals surface area contributed by atoms with Crippen molar-refractivity contribution < 1.29 is 28.8 Å². The van der Waals surface area contributed by atoms with Gasteiger partial charge in [-0.15, -0.1) is 0 Å². The monoisotopic (exact) mass is 526 g/mol. The fraction of sp³-hybridized carbons (Fsp3) is 0.533. The molecule has 1 aliphatic rings. The number of anilines is 2. The Morgan fingerprint density at radius 1 is 0.553 bits per heavy atom. The van der Waals surface area contributed by atoms with E-state index in [0.29, 0.717) is 24.5 Å². The molecule has 0 heterocycles. The van der Waals surface area contributed by atoms with Gasteiger partial charge in [0.15, 0.2) is 0 Å². The molecular formula is C30H46N4O4+2. The van der Waals surface area contributed by atoms with Gasteiger partial charge in [-0.2, -0.15) is 0 Å². The summed E-state index contributed by atoms with van der Waals surface area (Å²) in [6.07, 6.45) is 0. The zero-order valence-electron chi connectivity index (χ0n) is 24.0. The van der Waals surface area contributed by atoms with Gasteiger partial charge in [0.2, 0.25) is 11.6 Å². The van der Waals surface area contributed by atoms with E-state index in [1.807, 2.05) is 12.1 Å². The number of carbonyl (C=O) groups excluding carboxylic acids is 2. The van der Waals surface area contributed by atoms with Crippen molar-refractivity contribution >= 4 is 22.9 Å². The van der Waals surface area contributed by atoms with E-state index in [0.717, 1.165) is 61.3 Å². The molecule has 2 aromatic carbocycles. The lowest BCUT2D eigenvalue weighted by Gasteiger charge is -2.36. The van der Waals surface area contributed by atoms with Crippen molar-refractivity contribution in [3.63, 3.8) is 0 Å². The Labute approximate surface area is 227 Å². The number of benzene rings is 2. The van der Waals surface area contributed by atoms with Gasteiger partial charge in [0.05, 0.1) is 87.7 Å². The van der Waals surface area contributed by atoms with E-state index in [1.165, 1.54) is 12.1 Å². The van der Waals surface area contributed by atoms with Crippen molar-refractivity contribution in [2.45, 2.75) is 41.5 Å². The maximum atomic E-state index is 13.8. The van der Waals surface area contributed by atoms with Gasteiger partial charge in [-0.25, -0.2) is 0 Å². The molecule has 0 fully saturated rings.